The Morgan fingerprint density at radius 1 is 1.33 bits per heavy atom. The highest BCUT2D eigenvalue weighted by Crippen LogP contribution is 2.34. The predicted molar refractivity (Wildman–Crippen MR) is 77.0 cm³/mol. The summed E-state index contributed by atoms with van der Waals surface area (Å²) in [5.74, 6) is -0.740. The Balaban J connectivity index is 2.52. The first-order valence-electron chi connectivity index (χ1n) is 5.68. The van der Waals surface area contributed by atoms with E-state index in [2.05, 4.69) is 9.72 Å². The minimum atomic E-state index is -4.60. The number of esters is 1. The first-order chi connectivity index (χ1) is 9.81. The Hall–Kier alpha value is -1.58. The molecule has 0 aliphatic carbocycles. The van der Waals surface area contributed by atoms with Crippen molar-refractivity contribution in [2.75, 3.05) is 13.7 Å². The number of rotatable bonds is 3. The molecule has 1 aromatic heterocycles. The molecule has 0 saturated heterocycles. The third kappa shape index (κ3) is 3.74. The maximum absolute atomic E-state index is 12.8. The van der Waals surface area contributed by atoms with Crippen molar-refractivity contribution in [2.45, 2.75) is 6.18 Å². The van der Waals surface area contributed by atoms with Crippen LogP contribution in [0.2, 0.25) is 0 Å². The highest BCUT2D eigenvalue weighted by atomic mass is 127. The van der Waals surface area contributed by atoms with E-state index in [4.69, 9.17) is 4.74 Å². The number of hydrogen-bond donors (Lipinski definition) is 0. The molecule has 4 nitrogen and oxygen atoms in total. The molecule has 8 heteroatoms. The van der Waals surface area contributed by atoms with Gasteiger partial charge in [0.15, 0.2) is 6.61 Å². The molecule has 1 heterocycles. The van der Waals surface area contributed by atoms with Crippen LogP contribution in [0.1, 0.15) is 5.69 Å². The van der Waals surface area contributed by atoms with Gasteiger partial charge in [0.1, 0.15) is 11.4 Å². The summed E-state index contributed by atoms with van der Waals surface area (Å²) >= 11 is 2.02. The first-order valence-corrected chi connectivity index (χ1v) is 6.76. The van der Waals surface area contributed by atoms with Crippen molar-refractivity contribution < 1.29 is 27.4 Å². The van der Waals surface area contributed by atoms with Crippen LogP contribution in [-0.2, 0) is 15.7 Å². The molecule has 112 valence electrons. The minimum Gasteiger partial charge on any atom is -0.481 e. The molecule has 0 fully saturated rings. The van der Waals surface area contributed by atoms with E-state index in [9.17, 15) is 18.0 Å². The zero-order valence-corrected chi connectivity index (χ0v) is 12.9. The zero-order valence-electron chi connectivity index (χ0n) is 10.7. The number of methoxy groups -OCH3 is 1. The lowest BCUT2D eigenvalue weighted by atomic mass is 10.2. The second kappa shape index (κ2) is 6.04. The summed E-state index contributed by atoms with van der Waals surface area (Å²) in [6.45, 7) is -0.474. The number of benzene rings is 1. The van der Waals surface area contributed by atoms with Crippen LogP contribution in [0.5, 0.6) is 5.75 Å². The van der Waals surface area contributed by atoms with Crippen LogP contribution in [0.3, 0.4) is 0 Å². The van der Waals surface area contributed by atoms with Crippen molar-refractivity contribution >= 4 is 39.5 Å². The van der Waals surface area contributed by atoms with E-state index in [1.165, 1.54) is 13.2 Å². The van der Waals surface area contributed by atoms with Gasteiger partial charge in [-0.1, -0.05) is 0 Å². The molecule has 0 amide bonds. The fourth-order valence-corrected chi connectivity index (χ4v) is 2.12. The summed E-state index contributed by atoms with van der Waals surface area (Å²) in [4.78, 5) is 14.7. The van der Waals surface area contributed by atoms with E-state index in [1.807, 2.05) is 22.6 Å². The third-order valence-corrected chi connectivity index (χ3v) is 3.27. The van der Waals surface area contributed by atoms with Crippen molar-refractivity contribution in [3.63, 3.8) is 0 Å². The molecular weight excluding hydrogens is 402 g/mol. The molecule has 0 saturated carbocycles. The van der Waals surface area contributed by atoms with Crippen LogP contribution in [0.15, 0.2) is 24.3 Å². The summed E-state index contributed by atoms with van der Waals surface area (Å²) in [6.07, 6.45) is -4.60. The molecule has 0 spiro atoms. The summed E-state index contributed by atoms with van der Waals surface area (Å²) in [7, 11) is 1.17. The number of pyridine rings is 1. The molecule has 0 N–H and O–H groups in total. The SMILES string of the molecule is COC(=O)COc1cc(C(F)(F)F)nc2ccc(I)cc12. The lowest BCUT2D eigenvalue weighted by Gasteiger charge is -2.12. The van der Waals surface area contributed by atoms with E-state index in [0.717, 1.165) is 9.64 Å². The fourth-order valence-electron chi connectivity index (χ4n) is 1.63. The van der Waals surface area contributed by atoms with Gasteiger partial charge in [0.2, 0.25) is 0 Å². The summed E-state index contributed by atoms with van der Waals surface area (Å²) in [6, 6.07) is 5.52. The van der Waals surface area contributed by atoms with Gasteiger partial charge in [-0.3, -0.25) is 0 Å². The molecule has 2 rings (SSSR count). The number of hydrogen-bond acceptors (Lipinski definition) is 4. The fraction of sp³-hybridized carbons (Fsp3) is 0.231. The predicted octanol–water partition coefficient (Wildman–Crippen LogP) is 3.41. The number of nitrogens with zero attached hydrogens (tertiary/aromatic N) is 1. The van der Waals surface area contributed by atoms with Crippen molar-refractivity contribution in [1.29, 1.82) is 0 Å². The Morgan fingerprint density at radius 3 is 2.67 bits per heavy atom. The van der Waals surface area contributed by atoms with Gasteiger partial charge >= 0.3 is 12.1 Å². The molecule has 0 aliphatic heterocycles. The van der Waals surface area contributed by atoms with Gasteiger partial charge in [0, 0.05) is 15.0 Å². The van der Waals surface area contributed by atoms with Gasteiger partial charge in [-0.15, -0.1) is 0 Å². The molecule has 0 unspecified atom stereocenters. The molecule has 0 atom stereocenters. The van der Waals surface area contributed by atoms with Crippen LogP contribution < -0.4 is 4.74 Å². The average Bonchev–Trinajstić information content (AvgIpc) is 2.43. The molecule has 0 radical (unpaired) electrons. The number of alkyl halides is 3. The molecule has 21 heavy (non-hydrogen) atoms. The second-order valence-electron chi connectivity index (χ2n) is 4.03. The van der Waals surface area contributed by atoms with Gasteiger partial charge in [-0.25, -0.2) is 9.78 Å². The highest BCUT2D eigenvalue weighted by Gasteiger charge is 2.33. The van der Waals surface area contributed by atoms with E-state index in [1.54, 1.807) is 12.1 Å². The molecule has 1 aromatic carbocycles. The van der Waals surface area contributed by atoms with Crippen LogP contribution in [-0.4, -0.2) is 24.7 Å². The highest BCUT2D eigenvalue weighted by molar-refractivity contribution is 14.1. The number of aromatic nitrogens is 1. The first kappa shape index (κ1) is 15.8. The van der Waals surface area contributed by atoms with Crippen molar-refractivity contribution in [1.82, 2.24) is 4.98 Å². The Morgan fingerprint density at radius 2 is 2.05 bits per heavy atom. The molecule has 0 aliphatic rings. The van der Waals surface area contributed by atoms with Gasteiger partial charge in [-0.2, -0.15) is 13.2 Å². The lowest BCUT2D eigenvalue weighted by molar-refractivity contribution is -0.142. The van der Waals surface area contributed by atoms with E-state index in [0.29, 0.717) is 5.39 Å². The number of carbonyl (C=O) groups excluding carboxylic acids is 1. The molecule has 2 aromatic rings. The normalized spacial score (nSPS) is 11.5. The van der Waals surface area contributed by atoms with Gasteiger partial charge < -0.3 is 9.47 Å². The lowest BCUT2D eigenvalue weighted by Crippen LogP contribution is -2.14. The van der Waals surface area contributed by atoms with E-state index >= 15 is 0 Å². The summed E-state index contributed by atoms with van der Waals surface area (Å²) in [5.41, 5.74) is -0.929. The van der Waals surface area contributed by atoms with Crippen LogP contribution in [0.25, 0.3) is 10.9 Å². The Labute approximate surface area is 131 Å². The standard InChI is InChI=1S/C13H9F3INO3/c1-20-12(19)6-21-10-5-11(13(14,15)16)18-9-3-2-7(17)4-8(9)10/h2-5H,6H2,1H3. The number of ether oxygens (including phenoxy) is 2. The Bertz CT molecular complexity index is 688. The van der Waals surface area contributed by atoms with Crippen molar-refractivity contribution in [2.24, 2.45) is 0 Å². The van der Waals surface area contributed by atoms with Crippen molar-refractivity contribution in [3.05, 3.63) is 33.5 Å². The van der Waals surface area contributed by atoms with Crippen LogP contribution >= 0.6 is 22.6 Å². The number of fused-ring (bicyclic) bond motifs is 1. The van der Waals surface area contributed by atoms with Gasteiger partial charge in [0.05, 0.1) is 12.6 Å². The number of halogens is 4. The maximum atomic E-state index is 12.8. The van der Waals surface area contributed by atoms with Gasteiger partial charge in [-0.05, 0) is 40.8 Å². The average molecular weight is 411 g/mol. The van der Waals surface area contributed by atoms with Crippen LogP contribution in [0, 0.1) is 3.57 Å². The van der Waals surface area contributed by atoms with Gasteiger partial charge in [0.25, 0.3) is 0 Å². The van der Waals surface area contributed by atoms with Crippen LogP contribution in [0.4, 0.5) is 13.2 Å². The third-order valence-electron chi connectivity index (χ3n) is 2.60. The molecular formula is C13H9F3INO3. The largest absolute Gasteiger partial charge is 0.481 e. The monoisotopic (exact) mass is 411 g/mol. The number of carbonyl (C=O) groups is 1. The van der Waals surface area contributed by atoms with E-state index in [-0.39, 0.29) is 11.3 Å². The van der Waals surface area contributed by atoms with E-state index < -0.39 is 24.4 Å². The topological polar surface area (TPSA) is 48.4 Å². The summed E-state index contributed by atoms with van der Waals surface area (Å²) < 4.78 is 48.8. The van der Waals surface area contributed by atoms with Crippen molar-refractivity contribution in [3.8, 4) is 5.75 Å². The zero-order chi connectivity index (χ0) is 15.6. The smallest absolute Gasteiger partial charge is 0.433 e. The summed E-state index contributed by atoms with van der Waals surface area (Å²) in [5, 5.41) is 0.402. The second-order valence-corrected chi connectivity index (χ2v) is 5.28. The molecule has 0 bridgehead atoms. The maximum Gasteiger partial charge on any atom is 0.433 e. The minimum absolute atomic E-state index is 0.0590. The quantitative estimate of drug-likeness (QED) is 0.574. The Kier molecular flexibility index (Phi) is 4.55.